The molecule has 3 fully saturated rings. The summed E-state index contributed by atoms with van der Waals surface area (Å²) in [5.74, 6) is 0.876. The molecular weight excluding hydrogens is 462 g/mol. The van der Waals surface area contributed by atoms with Crippen LogP contribution in [0.5, 0.6) is 0 Å². The Bertz CT molecular complexity index is 966. The number of anilines is 3. The molecule has 2 N–H and O–H groups in total. The van der Waals surface area contributed by atoms with E-state index >= 15 is 0 Å². The first kappa shape index (κ1) is 24.3. The van der Waals surface area contributed by atoms with Crippen molar-refractivity contribution in [2.45, 2.75) is 58.0 Å². The van der Waals surface area contributed by atoms with E-state index in [0.29, 0.717) is 17.1 Å². The molecule has 1 aliphatic carbocycles. The van der Waals surface area contributed by atoms with Crippen LogP contribution >= 0.6 is 11.3 Å². The number of carbonyl (C=O) groups excluding carboxylic acids is 1. The summed E-state index contributed by atoms with van der Waals surface area (Å²) in [5.41, 5.74) is 0.505. The maximum atomic E-state index is 12.6. The number of hydrogen-bond donors (Lipinski definition) is 2. The summed E-state index contributed by atoms with van der Waals surface area (Å²) >= 11 is 1.39. The molecule has 0 radical (unpaired) electrons. The fourth-order valence-electron chi connectivity index (χ4n) is 5.45. The third-order valence-electron chi connectivity index (χ3n) is 7.67. The Kier molecular flexibility index (Phi) is 7.45. The van der Waals surface area contributed by atoms with Crippen LogP contribution in [0.4, 0.5) is 16.1 Å². The van der Waals surface area contributed by atoms with E-state index in [1.54, 1.807) is 6.20 Å². The van der Waals surface area contributed by atoms with Crippen LogP contribution in [-0.2, 0) is 4.79 Å². The van der Waals surface area contributed by atoms with Gasteiger partial charge in [0, 0.05) is 57.5 Å². The number of rotatable bonds is 7. The number of aromatic nitrogens is 4. The maximum absolute atomic E-state index is 12.6. The molecule has 4 heterocycles. The molecular formula is C24H37N9OS. The van der Waals surface area contributed by atoms with Gasteiger partial charge in [0.1, 0.15) is 0 Å². The molecule has 0 unspecified atom stereocenters. The molecule has 2 aromatic rings. The monoisotopic (exact) mass is 499 g/mol. The van der Waals surface area contributed by atoms with E-state index in [4.69, 9.17) is 0 Å². The zero-order valence-corrected chi connectivity index (χ0v) is 21.6. The molecule has 190 valence electrons. The molecule has 10 nitrogen and oxygen atoms in total. The van der Waals surface area contributed by atoms with Gasteiger partial charge >= 0.3 is 0 Å². The van der Waals surface area contributed by atoms with Gasteiger partial charge in [-0.2, -0.15) is 5.10 Å². The highest BCUT2D eigenvalue weighted by Crippen LogP contribution is 2.37. The lowest BCUT2D eigenvalue weighted by Crippen LogP contribution is -2.52. The summed E-state index contributed by atoms with van der Waals surface area (Å²) in [6.45, 7) is 10.9. The summed E-state index contributed by atoms with van der Waals surface area (Å²) < 4.78 is 0. The third kappa shape index (κ3) is 6.45. The van der Waals surface area contributed by atoms with Crippen molar-refractivity contribution in [3.05, 3.63) is 18.3 Å². The Hall–Kier alpha value is -2.37. The lowest BCUT2D eigenvalue weighted by atomic mass is 9.75. The van der Waals surface area contributed by atoms with Crippen molar-refractivity contribution in [3.8, 4) is 0 Å². The highest BCUT2D eigenvalue weighted by Gasteiger charge is 2.32. The van der Waals surface area contributed by atoms with Crippen LogP contribution in [-0.4, -0.2) is 94.0 Å². The van der Waals surface area contributed by atoms with Gasteiger partial charge in [-0.25, -0.2) is 0 Å². The Balaban J connectivity index is 1.02. The summed E-state index contributed by atoms with van der Waals surface area (Å²) in [7, 11) is 0. The predicted molar refractivity (Wildman–Crippen MR) is 139 cm³/mol. The van der Waals surface area contributed by atoms with E-state index in [9.17, 15) is 4.79 Å². The van der Waals surface area contributed by atoms with Gasteiger partial charge in [0.25, 0.3) is 0 Å². The largest absolute Gasteiger partial charge is 0.355 e. The van der Waals surface area contributed by atoms with E-state index in [2.05, 4.69) is 59.6 Å². The predicted octanol–water partition coefficient (Wildman–Crippen LogP) is 2.54. The number of nitrogens with one attached hydrogen (secondary N) is 2. The standard InChI is InChI=1S/C24H37N9OS/c1-24(2)8-5-19(6-9-24)32-14-12-31(13-15-32)17-21(34)27-23-30-29-22(35-23)26-18-7-11-33(16-18)20-4-3-10-25-28-20/h3-4,10,18-19H,5-9,11-17H2,1-2H3,(H,26,29)(H,27,30,34)/t18-/m1/s1. The molecule has 11 heteroatoms. The number of amides is 1. The van der Waals surface area contributed by atoms with E-state index in [1.807, 2.05) is 12.1 Å². The normalized spacial score (nSPS) is 23.9. The summed E-state index contributed by atoms with van der Waals surface area (Å²) in [6.07, 6.45) is 7.92. The molecule has 2 aromatic heterocycles. The van der Waals surface area contributed by atoms with Crippen molar-refractivity contribution in [2.75, 3.05) is 61.3 Å². The van der Waals surface area contributed by atoms with Gasteiger partial charge in [-0.1, -0.05) is 25.2 Å². The van der Waals surface area contributed by atoms with Crippen molar-refractivity contribution >= 4 is 33.3 Å². The first-order valence-electron chi connectivity index (χ1n) is 12.8. The van der Waals surface area contributed by atoms with Crippen molar-refractivity contribution in [3.63, 3.8) is 0 Å². The SMILES string of the molecule is CC1(C)CCC(N2CCN(CC(=O)Nc3nnc(N[C@@H]4CCN(c5cccnn5)C4)s3)CC2)CC1. The highest BCUT2D eigenvalue weighted by molar-refractivity contribution is 7.19. The molecule has 1 atom stereocenters. The topological polar surface area (TPSA) is 102 Å². The molecule has 2 aliphatic heterocycles. The van der Waals surface area contributed by atoms with Gasteiger partial charge in [0.2, 0.25) is 16.2 Å². The Morgan fingerprint density at radius 3 is 2.57 bits per heavy atom. The fourth-order valence-corrected chi connectivity index (χ4v) is 6.19. The second kappa shape index (κ2) is 10.7. The summed E-state index contributed by atoms with van der Waals surface area (Å²) in [6, 6.07) is 4.86. The lowest BCUT2D eigenvalue weighted by Gasteiger charge is -2.43. The van der Waals surface area contributed by atoms with Gasteiger partial charge in [-0.05, 0) is 49.7 Å². The smallest absolute Gasteiger partial charge is 0.240 e. The van der Waals surface area contributed by atoms with Crippen LogP contribution in [0.25, 0.3) is 0 Å². The van der Waals surface area contributed by atoms with Crippen molar-refractivity contribution in [1.29, 1.82) is 0 Å². The first-order valence-corrected chi connectivity index (χ1v) is 13.6. The third-order valence-corrected chi connectivity index (χ3v) is 8.44. The van der Waals surface area contributed by atoms with Gasteiger partial charge < -0.3 is 10.2 Å². The van der Waals surface area contributed by atoms with E-state index in [-0.39, 0.29) is 11.9 Å². The average molecular weight is 500 g/mol. The van der Waals surface area contributed by atoms with Crippen LogP contribution < -0.4 is 15.5 Å². The quantitative estimate of drug-likeness (QED) is 0.595. The zero-order valence-electron chi connectivity index (χ0n) is 20.8. The van der Waals surface area contributed by atoms with Crippen LogP contribution in [0, 0.1) is 5.41 Å². The number of carbonyl (C=O) groups is 1. The van der Waals surface area contributed by atoms with Crippen LogP contribution in [0.1, 0.15) is 46.0 Å². The van der Waals surface area contributed by atoms with Gasteiger partial charge in [-0.3, -0.25) is 19.9 Å². The molecule has 1 saturated carbocycles. The molecule has 0 spiro atoms. The van der Waals surface area contributed by atoms with Crippen LogP contribution in [0.2, 0.25) is 0 Å². The van der Waals surface area contributed by atoms with Crippen molar-refractivity contribution < 1.29 is 4.79 Å². The minimum absolute atomic E-state index is 0.0183. The minimum Gasteiger partial charge on any atom is -0.355 e. The van der Waals surface area contributed by atoms with Crippen LogP contribution in [0.15, 0.2) is 18.3 Å². The van der Waals surface area contributed by atoms with Gasteiger partial charge in [0.05, 0.1) is 6.54 Å². The van der Waals surface area contributed by atoms with Crippen molar-refractivity contribution in [2.24, 2.45) is 5.41 Å². The second-order valence-corrected chi connectivity index (χ2v) is 11.8. The molecule has 35 heavy (non-hydrogen) atoms. The molecule has 2 saturated heterocycles. The number of piperazine rings is 1. The number of hydrogen-bond acceptors (Lipinski definition) is 10. The summed E-state index contributed by atoms with van der Waals surface area (Å²) in [5, 5.41) is 24.2. The van der Waals surface area contributed by atoms with Crippen LogP contribution in [0.3, 0.4) is 0 Å². The minimum atomic E-state index is -0.0183. The first-order chi connectivity index (χ1) is 16.9. The maximum Gasteiger partial charge on any atom is 0.240 e. The molecule has 0 aromatic carbocycles. The molecule has 1 amide bonds. The lowest BCUT2D eigenvalue weighted by molar-refractivity contribution is -0.117. The molecule has 3 aliphatic rings. The Labute approximate surface area is 211 Å². The van der Waals surface area contributed by atoms with E-state index < -0.39 is 0 Å². The zero-order chi connectivity index (χ0) is 24.3. The molecule has 5 rings (SSSR count). The Morgan fingerprint density at radius 1 is 1.06 bits per heavy atom. The second-order valence-electron chi connectivity index (χ2n) is 10.8. The molecule has 0 bridgehead atoms. The summed E-state index contributed by atoms with van der Waals surface area (Å²) in [4.78, 5) is 19.7. The van der Waals surface area contributed by atoms with Gasteiger partial charge in [-0.15, -0.1) is 15.3 Å². The highest BCUT2D eigenvalue weighted by atomic mass is 32.1. The average Bonchev–Trinajstić information content (AvgIpc) is 3.50. The van der Waals surface area contributed by atoms with E-state index in [0.717, 1.165) is 62.7 Å². The fraction of sp³-hybridized carbons (Fsp3) is 0.708. The van der Waals surface area contributed by atoms with E-state index in [1.165, 1.54) is 37.0 Å². The Morgan fingerprint density at radius 2 is 1.83 bits per heavy atom. The number of nitrogens with zero attached hydrogens (tertiary/aromatic N) is 7. The van der Waals surface area contributed by atoms with Gasteiger partial charge in [0.15, 0.2) is 5.82 Å². The van der Waals surface area contributed by atoms with Crippen molar-refractivity contribution in [1.82, 2.24) is 30.2 Å².